The van der Waals surface area contributed by atoms with Crippen LogP contribution in [0.5, 0.6) is 0 Å². The molecule has 19 heavy (non-hydrogen) atoms. The molecule has 0 aliphatic carbocycles. The summed E-state index contributed by atoms with van der Waals surface area (Å²) in [6.07, 6.45) is 5.04. The van der Waals surface area contributed by atoms with Crippen molar-refractivity contribution in [1.82, 2.24) is 10.3 Å². The van der Waals surface area contributed by atoms with Crippen molar-refractivity contribution in [2.45, 2.75) is 44.9 Å². The molecule has 1 aromatic carbocycles. The topological polar surface area (TPSA) is 24.9 Å². The standard InChI is InChI=1S/C16H22N2S/c1-3-7-16(8-4-9-17-11-16)15-18-13-6-5-12(2)10-14(13)19-15/h5-6,10,17H,3-4,7-9,11H2,1-2H3. The van der Waals surface area contributed by atoms with E-state index in [-0.39, 0.29) is 5.41 Å². The van der Waals surface area contributed by atoms with Crippen LogP contribution in [0.3, 0.4) is 0 Å². The van der Waals surface area contributed by atoms with Crippen molar-refractivity contribution in [3.63, 3.8) is 0 Å². The molecule has 1 unspecified atom stereocenters. The molecule has 0 spiro atoms. The summed E-state index contributed by atoms with van der Waals surface area (Å²) in [5, 5.41) is 4.93. The van der Waals surface area contributed by atoms with E-state index in [0.29, 0.717) is 0 Å². The molecular formula is C16H22N2S. The Morgan fingerprint density at radius 2 is 2.32 bits per heavy atom. The van der Waals surface area contributed by atoms with E-state index in [2.05, 4.69) is 37.4 Å². The van der Waals surface area contributed by atoms with Gasteiger partial charge in [-0.25, -0.2) is 4.98 Å². The first-order valence-corrected chi connectivity index (χ1v) is 8.13. The third-order valence-corrected chi connectivity index (χ3v) is 5.46. The SMILES string of the molecule is CCCC1(c2nc3ccc(C)cc3s2)CCCNC1. The third-order valence-electron chi connectivity index (χ3n) is 4.20. The van der Waals surface area contributed by atoms with Crippen molar-refractivity contribution < 1.29 is 0 Å². The number of fused-ring (bicyclic) bond motifs is 1. The second-order valence-electron chi connectivity index (χ2n) is 5.80. The van der Waals surface area contributed by atoms with Crippen LogP contribution in [0.15, 0.2) is 18.2 Å². The summed E-state index contributed by atoms with van der Waals surface area (Å²) in [6, 6.07) is 6.60. The van der Waals surface area contributed by atoms with E-state index in [1.165, 1.54) is 46.5 Å². The quantitative estimate of drug-likeness (QED) is 0.914. The Balaban J connectivity index is 2.04. The maximum absolute atomic E-state index is 4.95. The fourth-order valence-corrected chi connectivity index (χ4v) is 4.52. The van der Waals surface area contributed by atoms with Crippen LogP contribution in [0.1, 0.15) is 43.2 Å². The summed E-state index contributed by atoms with van der Waals surface area (Å²) in [4.78, 5) is 4.95. The lowest BCUT2D eigenvalue weighted by atomic mass is 9.77. The Labute approximate surface area is 119 Å². The predicted molar refractivity (Wildman–Crippen MR) is 83.0 cm³/mol. The Bertz CT molecular complexity index is 562. The van der Waals surface area contributed by atoms with E-state index in [1.54, 1.807) is 0 Å². The maximum atomic E-state index is 4.95. The highest BCUT2D eigenvalue weighted by atomic mass is 32.1. The molecule has 2 aromatic rings. The van der Waals surface area contributed by atoms with Gasteiger partial charge < -0.3 is 5.32 Å². The lowest BCUT2D eigenvalue weighted by Crippen LogP contribution is -2.43. The summed E-state index contributed by atoms with van der Waals surface area (Å²) >= 11 is 1.91. The van der Waals surface area contributed by atoms with Gasteiger partial charge in [-0.05, 0) is 50.4 Å². The highest BCUT2D eigenvalue weighted by molar-refractivity contribution is 7.18. The molecule has 1 atom stereocenters. The van der Waals surface area contributed by atoms with Crippen LogP contribution in [-0.2, 0) is 5.41 Å². The average Bonchev–Trinajstić information content (AvgIpc) is 2.83. The average molecular weight is 274 g/mol. The molecule has 1 aliphatic rings. The Morgan fingerprint density at radius 1 is 1.42 bits per heavy atom. The molecular weight excluding hydrogens is 252 g/mol. The molecule has 102 valence electrons. The van der Waals surface area contributed by atoms with E-state index in [0.717, 1.165) is 13.1 Å². The highest BCUT2D eigenvalue weighted by Gasteiger charge is 2.35. The third kappa shape index (κ3) is 2.41. The van der Waals surface area contributed by atoms with E-state index >= 15 is 0 Å². The Morgan fingerprint density at radius 3 is 3.05 bits per heavy atom. The molecule has 0 radical (unpaired) electrons. The van der Waals surface area contributed by atoms with Gasteiger partial charge in [0, 0.05) is 12.0 Å². The molecule has 1 fully saturated rings. The number of rotatable bonds is 3. The molecule has 1 N–H and O–H groups in total. The number of thiazole rings is 1. The van der Waals surface area contributed by atoms with Crippen LogP contribution < -0.4 is 5.32 Å². The van der Waals surface area contributed by atoms with Gasteiger partial charge in [0.1, 0.15) is 5.01 Å². The second-order valence-corrected chi connectivity index (χ2v) is 6.83. The zero-order valence-corrected chi connectivity index (χ0v) is 12.6. The molecule has 0 saturated carbocycles. The van der Waals surface area contributed by atoms with Crippen LogP contribution in [0.4, 0.5) is 0 Å². The van der Waals surface area contributed by atoms with Crippen LogP contribution in [-0.4, -0.2) is 18.1 Å². The Hall–Kier alpha value is -0.930. The molecule has 1 aliphatic heterocycles. The zero-order chi connectivity index (χ0) is 13.3. The fourth-order valence-electron chi connectivity index (χ4n) is 3.21. The summed E-state index contributed by atoms with van der Waals surface area (Å²) in [6.45, 7) is 6.70. The second kappa shape index (κ2) is 5.22. The van der Waals surface area contributed by atoms with Gasteiger partial charge in [-0.2, -0.15) is 0 Å². The Kier molecular flexibility index (Phi) is 3.59. The molecule has 2 nitrogen and oxygen atoms in total. The number of aromatic nitrogens is 1. The van der Waals surface area contributed by atoms with Gasteiger partial charge in [-0.15, -0.1) is 11.3 Å². The van der Waals surface area contributed by atoms with Gasteiger partial charge >= 0.3 is 0 Å². The number of hydrogen-bond acceptors (Lipinski definition) is 3. The number of piperidine rings is 1. The van der Waals surface area contributed by atoms with Crippen molar-refractivity contribution in [2.75, 3.05) is 13.1 Å². The van der Waals surface area contributed by atoms with Crippen molar-refractivity contribution >= 4 is 21.6 Å². The van der Waals surface area contributed by atoms with Crippen molar-refractivity contribution in [3.05, 3.63) is 28.8 Å². The van der Waals surface area contributed by atoms with Gasteiger partial charge in [-0.1, -0.05) is 19.4 Å². The van der Waals surface area contributed by atoms with Crippen LogP contribution in [0, 0.1) is 6.92 Å². The molecule has 3 rings (SSSR count). The van der Waals surface area contributed by atoms with E-state index in [9.17, 15) is 0 Å². The number of aryl methyl sites for hydroxylation is 1. The first-order chi connectivity index (χ1) is 9.23. The van der Waals surface area contributed by atoms with E-state index in [1.807, 2.05) is 11.3 Å². The van der Waals surface area contributed by atoms with Gasteiger partial charge in [-0.3, -0.25) is 0 Å². The molecule has 3 heteroatoms. The summed E-state index contributed by atoms with van der Waals surface area (Å²) in [5.74, 6) is 0. The maximum Gasteiger partial charge on any atom is 0.101 e. The summed E-state index contributed by atoms with van der Waals surface area (Å²) < 4.78 is 1.34. The normalized spacial score (nSPS) is 23.9. The summed E-state index contributed by atoms with van der Waals surface area (Å²) in [7, 11) is 0. The van der Waals surface area contributed by atoms with Crippen molar-refractivity contribution in [3.8, 4) is 0 Å². The van der Waals surface area contributed by atoms with Gasteiger partial charge in [0.25, 0.3) is 0 Å². The van der Waals surface area contributed by atoms with E-state index < -0.39 is 0 Å². The number of benzene rings is 1. The lowest BCUT2D eigenvalue weighted by molar-refractivity contribution is 0.290. The van der Waals surface area contributed by atoms with E-state index in [4.69, 9.17) is 4.98 Å². The van der Waals surface area contributed by atoms with Crippen LogP contribution in [0.2, 0.25) is 0 Å². The number of nitrogens with one attached hydrogen (secondary N) is 1. The minimum atomic E-state index is 0.282. The fraction of sp³-hybridized carbons (Fsp3) is 0.562. The predicted octanol–water partition coefficient (Wildman–Crippen LogP) is 4.03. The number of nitrogens with zero attached hydrogens (tertiary/aromatic N) is 1. The highest BCUT2D eigenvalue weighted by Crippen LogP contribution is 2.39. The van der Waals surface area contributed by atoms with Crippen molar-refractivity contribution in [1.29, 1.82) is 0 Å². The minimum Gasteiger partial charge on any atom is -0.316 e. The molecule has 1 saturated heterocycles. The largest absolute Gasteiger partial charge is 0.316 e. The minimum absolute atomic E-state index is 0.282. The first-order valence-electron chi connectivity index (χ1n) is 7.32. The van der Waals surface area contributed by atoms with Gasteiger partial charge in [0.05, 0.1) is 10.2 Å². The van der Waals surface area contributed by atoms with Crippen LogP contribution >= 0.6 is 11.3 Å². The zero-order valence-electron chi connectivity index (χ0n) is 11.8. The molecule has 0 amide bonds. The van der Waals surface area contributed by atoms with Gasteiger partial charge in [0.2, 0.25) is 0 Å². The van der Waals surface area contributed by atoms with Gasteiger partial charge in [0.15, 0.2) is 0 Å². The lowest BCUT2D eigenvalue weighted by Gasteiger charge is -2.35. The first kappa shape index (κ1) is 13.1. The summed E-state index contributed by atoms with van der Waals surface area (Å²) in [5.41, 5.74) is 2.78. The molecule has 0 bridgehead atoms. The monoisotopic (exact) mass is 274 g/mol. The molecule has 2 heterocycles. The smallest absolute Gasteiger partial charge is 0.101 e. The number of hydrogen-bond donors (Lipinski definition) is 1. The molecule has 1 aromatic heterocycles. The van der Waals surface area contributed by atoms with Crippen molar-refractivity contribution in [2.24, 2.45) is 0 Å². The van der Waals surface area contributed by atoms with Crippen LogP contribution in [0.25, 0.3) is 10.2 Å².